The zero-order chi connectivity index (χ0) is 12.3. The van der Waals surface area contributed by atoms with Crippen molar-refractivity contribution in [3.05, 3.63) is 33.8 Å². The van der Waals surface area contributed by atoms with Crippen LogP contribution in [-0.4, -0.2) is 29.7 Å². The summed E-state index contributed by atoms with van der Waals surface area (Å²) in [5.74, 6) is 0.526. The van der Waals surface area contributed by atoms with Gasteiger partial charge in [0.05, 0.1) is 0 Å². The second kappa shape index (κ2) is 5.98. The lowest BCUT2D eigenvalue weighted by molar-refractivity contribution is 0.127. The summed E-state index contributed by atoms with van der Waals surface area (Å²) in [6.07, 6.45) is 2.26. The van der Waals surface area contributed by atoms with Gasteiger partial charge in [0.1, 0.15) is 0 Å². The molecule has 3 heteroatoms. The largest absolute Gasteiger partial charge is 0.396 e. The zero-order valence-corrected chi connectivity index (χ0v) is 11.9. The SMILES string of the molecule is Cc1cc(CN2CCC(CO)CC2)ccc1Br. The van der Waals surface area contributed by atoms with Gasteiger partial charge in [-0.05, 0) is 56.0 Å². The van der Waals surface area contributed by atoms with Crippen LogP contribution < -0.4 is 0 Å². The van der Waals surface area contributed by atoms with E-state index in [1.54, 1.807) is 0 Å². The third-order valence-electron chi connectivity index (χ3n) is 3.59. The molecular formula is C14H20BrNO. The molecule has 0 amide bonds. The van der Waals surface area contributed by atoms with Gasteiger partial charge in [-0.25, -0.2) is 0 Å². The normalized spacial score (nSPS) is 18.5. The van der Waals surface area contributed by atoms with E-state index in [1.165, 1.54) is 15.6 Å². The maximum absolute atomic E-state index is 9.11. The number of nitrogens with zero attached hydrogens (tertiary/aromatic N) is 1. The fourth-order valence-corrected chi connectivity index (χ4v) is 2.64. The Balaban J connectivity index is 1.91. The molecule has 1 heterocycles. The number of hydrogen-bond acceptors (Lipinski definition) is 2. The number of aliphatic hydroxyl groups excluding tert-OH is 1. The first-order valence-electron chi connectivity index (χ1n) is 6.27. The number of benzene rings is 1. The molecule has 1 saturated heterocycles. The number of hydrogen-bond donors (Lipinski definition) is 1. The molecule has 2 nitrogen and oxygen atoms in total. The molecule has 0 radical (unpaired) electrons. The molecule has 0 saturated carbocycles. The van der Waals surface area contributed by atoms with E-state index < -0.39 is 0 Å². The van der Waals surface area contributed by atoms with Crippen LogP contribution in [0.4, 0.5) is 0 Å². The van der Waals surface area contributed by atoms with Crippen molar-refractivity contribution >= 4 is 15.9 Å². The minimum Gasteiger partial charge on any atom is -0.396 e. The van der Waals surface area contributed by atoms with Crippen LogP contribution in [0.5, 0.6) is 0 Å². The van der Waals surface area contributed by atoms with Crippen molar-refractivity contribution in [2.45, 2.75) is 26.3 Å². The average Bonchev–Trinajstić information content (AvgIpc) is 2.35. The lowest BCUT2D eigenvalue weighted by Gasteiger charge is -2.31. The standard InChI is InChI=1S/C14H20BrNO/c1-11-8-13(2-3-14(11)15)9-16-6-4-12(10-17)5-7-16/h2-3,8,12,17H,4-7,9-10H2,1H3. The molecule has 1 fully saturated rings. The Bertz CT molecular complexity index is 372. The van der Waals surface area contributed by atoms with Gasteiger partial charge in [-0.1, -0.05) is 28.1 Å². The summed E-state index contributed by atoms with van der Waals surface area (Å²) in [6.45, 7) is 5.74. The predicted octanol–water partition coefficient (Wildman–Crippen LogP) is 2.96. The Morgan fingerprint density at radius 2 is 2.06 bits per heavy atom. The average molecular weight is 298 g/mol. The monoisotopic (exact) mass is 297 g/mol. The van der Waals surface area contributed by atoms with E-state index in [0.29, 0.717) is 12.5 Å². The summed E-state index contributed by atoms with van der Waals surface area (Å²) in [5, 5.41) is 9.11. The molecule has 1 aromatic rings. The van der Waals surface area contributed by atoms with Gasteiger partial charge < -0.3 is 5.11 Å². The highest BCUT2D eigenvalue weighted by atomic mass is 79.9. The first-order valence-corrected chi connectivity index (χ1v) is 7.06. The van der Waals surface area contributed by atoms with E-state index in [1.807, 2.05) is 0 Å². The Kier molecular flexibility index (Phi) is 4.60. The molecule has 0 spiro atoms. The van der Waals surface area contributed by atoms with Gasteiger partial charge in [-0.3, -0.25) is 4.90 Å². The van der Waals surface area contributed by atoms with Gasteiger partial charge in [0.15, 0.2) is 0 Å². The van der Waals surface area contributed by atoms with Crippen molar-refractivity contribution in [3.8, 4) is 0 Å². The van der Waals surface area contributed by atoms with Gasteiger partial charge in [0.2, 0.25) is 0 Å². The molecule has 2 rings (SSSR count). The van der Waals surface area contributed by atoms with E-state index >= 15 is 0 Å². The summed E-state index contributed by atoms with van der Waals surface area (Å²) >= 11 is 3.53. The van der Waals surface area contributed by atoms with Crippen molar-refractivity contribution in [2.75, 3.05) is 19.7 Å². The highest BCUT2D eigenvalue weighted by molar-refractivity contribution is 9.10. The molecule has 0 bridgehead atoms. The third-order valence-corrected chi connectivity index (χ3v) is 4.48. The molecule has 1 aliphatic rings. The Labute approximate surface area is 112 Å². The van der Waals surface area contributed by atoms with Crippen LogP contribution >= 0.6 is 15.9 Å². The Morgan fingerprint density at radius 1 is 1.35 bits per heavy atom. The molecule has 1 aromatic carbocycles. The quantitative estimate of drug-likeness (QED) is 0.927. The number of likely N-dealkylation sites (tertiary alicyclic amines) is 1. The topological polar surface area (TPSA) is 23.5 Å². The molecular weight excluding hydrogens is 278 g/mol. The molecule has 0 aliphatic carbocycles. The summed E-state index contributed by atoms with van der Waals surface area (Å²) in [4.78, 5) is 2.48. The molecule has 0 aromatic heterocycles. The number of rotatable bonds is 3. The third kappa shape index (κ3) is 3.54. The van der Waals surface area contributed by atoms with Crippen LogP contribution in [0.1, 0.15) is 24.0 Å². The van der Waals surface area contributed by atoms with Crippen LogP contribution in [0.3, 0.4) is 0 Å². The summed E-state index contributed by atoms with van der Waals surface area (Å²) < 4.78 is 1.18. The van der Waals surface area contributed by atoms with Crippen molar-refractivity contribution < 1.29 is 5.11 Å². The van der Waals surface area contributed by atoms with Crippen LogP contribution in [0.15, 0.2) is 22.7 Å². The van der Waals surface area contributed by atoms with Crippen molar-refractivity contribution in [1.29, 1.82) is 0 Å². The van der Waals surface area contributed by atoms with Crippen molar-refractivity contribution in [3.63, 3.8) is 0 Å². The Hall–Kier alpha value is -0.380. The van der Waals surface area contributed by atoms with E-state index in [4.69, 9.17) is 5.11 Å². The van der Waals surface area contributed by atoms with Crippen LogP contribution in [0.25, 0.3) is 0 Å². The van der Waals surface area contributed by atoms with Crippen LogP contribution in [0.2, 0.25) is 0 Å². The highest BCUT2D eigenvalue weighted by Crippen LogP contribution is 2.21. The van der Waals surface area contributed by atoms with Crippen molar-refractivity contribution in [1.82, 2.24) is 4.90 Å². The summed E-state index contributed by atoms with van der Waals surface area (Å²) in [5.41, 5.74) is 2.68. The van der Waals surface area contributed by atoms with Crippen LogP contribution in [0, 0.1) is 12.8 Å². The van der Waals surface area contributed by atoms with Crippen molar-refractivity contribution in [2.24, 2.45) is 5.92 Å². The first-order chi connectivity index (χ1) is 8.19. The Morgan fingerprint density at radius 3 is 2.65 bits per heavy atom. The molecule has 17 heavy (non-hydrogen) atoms. The highest BCUT2D eigenvalue weighted by Gasteiger charge is 2.18. The lowest BCUT2D eigenvalue weighted by atomic mass is 9.97. The maximum atomic E-state index is 9.11. The number of halogens is 1. The van der Waals surface area contributed by atoms with Gasteiger partial charge in [-0.15, -0.1) is 0 Å². The number of aliphatic hydroxyl groups is 1. The molecule has 1 N–H and O–H groups in total. The fourth-order valence-electron chi connectivity index (χ4n) is 2.39. The molecule has 94 valence electrons. The second-order valence-electron chi connectivity index (χ2n) is 4.99. The molecule has 0 unspecified atom stereocenters. The molecule has 0 atom stereocenters. The van der Waals surface area contributed by atoms with Gasteiger partial charge in [0, 0.05) is 17.6 Å². The smallest absolute Gasteiger partial charge is 0.0460 e. The zero-order valence-electron chi connectivity index (χ0n) is 10.3. The van der Waals surface area contributed by atoms with E-state index in [2.05, 4.69) is 46.0 Å². The maximum Gasteiger partial charge on any atom is 0.0460 e. The van der Waals surface area contributed by atoms with Gasteiger partial charge in [-0.2, -0.15) is 0 Å². The molecule has 1 aliphatic heterocycles. The van der Waals surface area contributed by atoms with E-state index in [0.717, 1.165) is 32.5 Å². The fraction of sp³-hybridized carbons (Fsp3) is 0.571. The van der Waals surface area contributed by atoms with E-state index in [9.17, 15) is 0 Å². The van der Waals surface area contributed by atoms with E-state index in [-0.39, 0.29) is 0 Å². The predicted molar refractivity (Wildman–Crippen MR) is 74.0 cm³/mol. The first kappa shape index (κ1) is 13.1. The lowest BCUT2D eigenvalue weighted by Crippen LogP contribution is -2.34. The minimum absolute atomic E-state index is 0.352. The van der Waals surface area contributed by atoms with Crippen LogP contribution in [-0.2, 0) is 6.54 Å². The minimum atomic E-state index is 0.352. The number of aryl methyl sites for hydroxylation is 1. The number of piperidine rings is 1. The van der Waals surface area contributed by atoms with Gasteiger partial charge in [0.25, 0.3) is 0 Å². The summed E-state index contributed by atoms with van der Waals surface area (Å²) in [7, 11) is 0. The summed E-state index contributed by atoms with van der Waals surface area (Å²) in [6, 6.07) is 6.57. The van der Waals surface area contributed by atoms with Gasteiger partial charge >= 0.3 is 0 Å². The second-order valence-corrected chi connectivity index (χ2v) is 5.84.